The third-order valence-electron chi connectivity index (χ3n) is 5.27. The first-order chi connectivity index (χ1) is 16.7. The minimum Gasteiger partial charge on any atom is -0.457 e. The Kier molecular flexibility index (Phi) is 6.31. The summed E-state index contributed by atoms with van der Waals surface area (Å²) in [5.41, 5.74) is 0.782. The van der Waals surface area contributed by atoms with Crippen molar-refractivity contribution < 1.29 is 13.9 Å². The topological polar surface area (TPSA) is 60.2 Å². The maximum atomic E-state index is 14.3. The van der Waals surface area contributed by atoms with Gasteiger partial charge in [0.1, 0.15) is 22.8 Å². The number of thiazole rings is 1. The lowest BCUT2D eigenvalue weighted by Crippen LogP contribution is -2.32. The molecule has 170 valence electrons. The molecule has 0 atom stereocenters. The molecule has 0 N–H and O–H groups in total. The second kappa shape index (κ2) is 9.84. The van der Waals surface area contributed by atoms with Crippen molar-refractivity contribution in [2.45, 2.75) is 13.0 Å². The van der Waals surface area contributed by atoms with Crippen molar-refractivity contribution in [1.29, 1.82) is 0 Å². The van der Waals surface area contributed by atoms with E-state index in [-0.39, 0.29) is 11.4 Å². The number of fused-ring (bicyclic) bond motifs is 1. The number of ether oxygens (including phenoxy) is 1. The summed E-state index contributed by atoms with van der Waals surface area (Å²) in [4.78, 5) is 23.6. The molecule has 5 rings (SSSR count). The average Bonchev–Trinajstić information content (AvgIpc) is 3.53. The highest BCUT2D eigenvalue weighted by Gasteiger charge is 2.22. The summed E-state index contributed by atoms with van der Waals surface area (Å²) in [7, 11) is 0. The molecule has 0 saturated heterocycles. The molecule has 0 saturated carbocycles. The number of nitrogens with zero attached hydrogens (tertiary/aromatic N) is 4. The van der Waals surface area contributed by atoms with Crippen LogP contribution in [0.4, 0.5) is 9.52 Å². The normalized spacial score (nSPS) is 11.0. The fourth-order valence-electron chi connectivity index (χ4n) is 3.58. The number of para-hydroxylation sites is 2. The van der Waals surface area contributed by atoms with Crippen LogP contribution in [0.25, 0.3) is 10.2 Å². The first kappa shape index (κ1) is 21.8. The number of halogens is 1. The Morgan fingerprint density at radius 2 is 1.79 bits per heavy atom. The zero-order valence-electron chi connectivity index (χ0n) is 18.2. The van der Waals surface area contributed by atoms with Crippen LogP contribution in [-0.2, 0) is 6.54 Å². The maximum Gasteiger partial charge on any atom is 0.260 e. The molecule has 0 aliphatic rings. The zero-order valence-corrected chi connectivity index (χ0v) is 19.0. The van der Waals surface area contributed by atoms with Crippen LogP contribution in [0.15, 0.2) is 91.5 Å². The Morgan fingerprint density at radius 1 is 1.00 bits per heavy atom. The van der Waals surface area contributed by atoms with Crippen molar-refractivity contribution in [1.82, 2.24) is 14.5 Å². The van der Waals surface area contributed by atoms with E-state index in [0.717, 1.165) is 5.75 Å². The fourth-order valence-corrected chi connectivity index (χ4v) is 4.58. The van der Waals surface area contributed by atoms with Crippen LogP contribution in [0.2, 0.25) is 0 Å². The molecule has 0 fully saturated rings. The van der Waals surface area contributed by atoms with Crippen LogP contribution in [0.3, 0.4) is 0 Å². The highest BCUT2D eigenvalue weighted by atomic mass is 32.1. The van der Waals surface area contributed by atoms with Crippen LogP contribution < -0.4 is 9.64 Å². The molecule has 0 spiro atoms. The van der Waals surface area contributed by atoms with Gasteiger partial charge in [0.15, 0.2) is 5.13 Å². The van der Waals surface area contributed by atoms with Gasteiger partial charge in [-0.25, -0.2) is 14.4 Å². The van der Waals surface area contributed by atoms with Gasteiger partial charge < -0.3 is 9.30 Å². The number of carbonyl (C=O) groups is 1. The Balaban J connectivity index is 1.39. The van der Waals surface area contributed by atoms with E-state index in [1.54, 1.807) is 47.8 Å². The molecule has 0 bridgehead atoms. The van der Waals surface area contributed by atoms with Gasteiger partial charge in [-0.05, 0) is 55.0 Å². The molecule has 1 amide bonds. The minimum absolute atomic E-state index is 0.198. The quantitative estimate of drug-likeness (QED) is 0.271. The highest BCUT2D eigenvalue weighted by molar-refractivity contribution is 7.22. The molecule has 2 aromatic heterocycles. The largest absolute Gasteiger partial charge is 0.457 e. The van der Waals surface area contributed by atoms with Gasteiger partial charge in [0.25, 0.3) is 5.91 Å². The van der Waals surface area contributed by atoms with Crippen LogP contribution in [0.5, 0.6) is 11.5 Å². The van der Waals surface area contributed by atoms with Crippen LogP contribution in [0.1, 0.15) is 16.8 Å². The molecule has 2 heterocycles. The Bertz CT molecular complexity index is 1390. The molecule has 5 aromatic rings. The van der Waals surface area contributed by atoms with Gasteiger partial charge in [-0.15, -0.1) is 0 Å². The van der Waals surface area contributed by atoms with Crippen molar-refractivity contribution in [3.05, 3.63) is 103 Å². The van der Waals surface area contributed by atoms with Gasteiger partial charge in [-0.1, -0.05) is 35.6 Å². The highest BCUT2D eigenvalue weighted by Crippen LogP contribution is 2.31. The molecule has 0 radical (unpaired) electrons. The molecule has 3 aromatic carbocycles. The van der Waals surface area contributed by atoms with E-state index < -0.39 is 5.82 Å². The molecular formula is C26H21FN4O2S. The number of hydrogen-bond donors (Lipinski definition) is 0. The summed E-state index contributed by atoms with van der Waals surface area (Å²) in [5, 5.41) is 0.473. The SMILES string of the molecule is O=C(c1ccc(Oc2ccccc2)cc1)N(CCCn1ccnc1)c1nc2c(F)cccc2s1. The number of aryl methyl sites for hydroxylation is 1. The van der Waals surface area contributed by atoms with Crippen molar-refractivity contribution in [3.63, 3.8) is 0 Å². The summed E-state index contributed by atoms with van der Waals surface area (Å²) in [6, 6.07) is 21.3. The summed E-state index contributed by atoms with van der Waals surface area (Å²) in [6.45, 7) is 1.13. The second-order valence-corrected chi connectivity index (χ2v) is 8.64. The molecule has 34 heavy (non-hydrogen) atoms. The lowest BCUT2D eigenvalue weighted by atomic mass is 10.2. The van der Waals surface area contributed by atoms with E-state index in [1.165, 1.54) is 17.4 Å². The van der Waals surface area contributed by atoms with Gasteiger partial charge in [-0.2, -0.15) is 0 Å². The number of aromatic nitrogens is 3. The van der Waals surface area contributed by atoms with Crippen LogP contribution in [-0.4, -0.2) is 27.0 Å². The van der Waals surface area contributed by atoms with Crippen molar-refractivity contribution in [3.8, 4) is 11.5 Å². The lowest BCUT2D eigenvalue weighted by Gasteiger charge is -2.20. The van der Waals surface area contributed by atoms with E-state index in [2.05, 4.69) is 9.97 Å². The number of anilines is 1. The van der Waals surface area contributed by atoms with E-state index in [4.69, 9.17) is 4.74 Å². The molecule has 0 unspecified atom stereocenters. The Morgan fingerprint density at radius 3 is 2.53 bits per heavy atom. The van der Waals surface area contributed by atoms with Crippen LogP contribution in [0, 0.1) is 5.82 Å². The third kappa shape index (κ3) is 4.82. The lowest BCUT2D eigenvalue weighted by molar-refractivity contribution is 0.0986. The monoisotopic (exact) mass is 472 g/mol. The van der Waals surface area contributed by atoms with Crippen molar-refractivity contribution in [2.24, 2.45) is 0 Å². The van der Waals surface area contributed by atoms with Gasteiger partial charge >= 0.3 is 0 Å². The molecular weight excluding hydrogens is 451 g/mol. The number of hydrogen-bond acceptors (Lipinski definition) is 5. The minimum atomic E-state index is -0.395. The van der Waals surface area contributed by atoms with E-state index in [9.17, 15) is 9.18 Å². The maximum absolute atomic E-state index is 14.3. The zero-order chi connectivity index (χ0) is 23.3. The number of amides is 1. The van der Waals surface area contributed by atoms with Gasteiger partial charge in [-0.3, -0.25) is 9.69 Å². The summed E-state index contributed by atoms with van der Waals surface area (Å²) in [6.07, 6.45) is 6.03. The van der Waals surface area contributed by atoms with Crippen molar-refractivity contribution in [2.75, 3.05) is 11.4 Å². The first-order valence-electron chi connectivity index (χ1n) is 10.8. The van der Waals surface area contributed by atoms with Crippen LogP contribution >= 0.6 is 11.3 Å². The number of benzene rings is 3. The smallest absolute Gasteiger partial charge is 0.260 e. The van der Waals surface area contributed by atoms with E-state index >= 15 is 0 Å². The number of carbonyl (C=O) groups excluding carboxylic acids is 1. The Hall–Kier alpha value is -4.04. The predicted molar refractivity (Wildman–Crippen MR) is 131 cm³/mol. The van der Waals surface area contributed by atoms with Crippen molar-refractivity contribution >= 4 is 32.6 Å². The first-order valence-corrected chi connectivity index (χ1v) is 11.6. The second-order valence-electron chi connectivity index (χ2n) is 7.63. The Labute approximate surface area is 199 Å². The van der Waals surface area contributed by atoms with Gasteiger partial charge in [0.05, 0.1) is 11.0 Å². The molecule has 0 aliphatic carbocycles. The number of rotatable bonds is 8. The summed E-state index contributed by atoms with van der Waals surface area (Å²) < 4.78 is 22.8. The fraction of sp³-hybridized carbons (Fsp3) is 0.115. The molecule has 0 aliphatic heterocycles. The van der Waals surface area contributed by atoms with Gasteiger partial charge in [0.2, 0.25) is 0 Å². The van der Waals surface area contributed by atoms with E-state index in [0.29, 0.717) is 40.7 Å². The third-order valence-corrected chi connectivity index (χ3v) is 6.32. The standard InChI is InChI=1S/C26H21FN4O2S/c27-22-8-4-9-23-24(22)29-26(34-23)31(16-5-15-30-17-14-28-18-30)25(32)19-10-12-21(13-11-19)33-20-6-2-1-3-7-20/h1-4,6-14,17-18H,5,15-16H2. The summed E-state index contributed by atoms with van der Waals surface area (Å²) in [5.74, 6) is 0.764. The predicted octanol–water partition coefficient (Wildman–Crippen LogP) is 6.16. The van der Waals surface area contributed by atoms with Gasteiger partial charge in [0, 0.05) is 31.0 Å². The molecule has 6 nitrogen and oxygen atoms in total. The average molecular weight is 473 g/mol. The molecule has 8 heteroatoms. The summed E-state index contributed by atoms with van der Waals surface area (Å²) >= 11 is 1.31. The number of imidazole rings is 1. The van der Waals surface area contributed by atoms with E-state index in [1.807, 2.05) is 47.2 Å².